The van der Waals surface area contributed by atoms with Crippen LogP contribution in [0.15, 0.2) is 24.3 Å². The molecule has 0 saturated carbocycles. The number of hydrogen-bond donors (Lipinski definition) is 1. The van der Waals surface area contributed by atoms with Gasteiger partial charge in [-0.15, -0.1) is 0 Å². The molecule has 1 aliphatic heterocycles. The van der Waals surface area contributed by atoms with Crippen molar-refractivity contribution in [3.05, 3.63) is 30.1 Å². The number of rotatable bonds is 5. The van der Waals surface area contributed by atoms with Gasteiger partial charge in [-0.25, -0.2) is 4.39 Å². The molecule has 2 rings (SSSR count). The fraction of sp³-hybridized carbons (Fsp3) is 0.647. The van der Waals surface area contributed by atoms with Gasteiger partial charge in [0.2, 0.25) is 0 Å². The van der Waals surface area contributed by atoms with Crippen molar-refractivity contribution < 1.29 is 4.39 Å². The first-order valence-corrected chi connectivity index (χ1v) is 7.91. The summed E-state index contributed by atoms with van der Waals surface area (Å²) in [6.45, 7) is 11.0. The van der Waals surface area contributed by atoms with E-state index in [2.05, 4.69) is 30.6 Å². The Morgan fingerprint density at radius 2 is 1.81 bits per heavy atom. The van der Waals surface area contributed by atoms with Gasteiger partial charge in [0.05, 0.1) is 5.69 Å². The first kappa shape index (κ1) is 16.2. The summed E-state index contributed by atoms with van der Waals surface area (Å²) in [5, 5.41) is 0. The minimum atomic E-state index is -0.130. The molecule has 118 valence electrons. The largest absolute Gasteiger partial charge is 0.367 e. The molecule has 0 spiro atoms. The molecule has 0 aliphatic carbocycles. The van der Waals surface area contributed by atoms with Gasteiger partial charge < -0.3 is 10.6 Å². The molecule has 1 saturated heterocycles. The molecular formula is C17H28FN3. The highest BCUT2D eigenvalue weighted by Gasteiger charge is 2.33. The summed E-state index contributed by atoms with van der Waals surface area (Å²) < 4.78 is 13.9. The van der Waals surface area contributed by atoms with Gasteiger partial charge >= 0.3 is 0 Å². The molecule has 1 aromatic rings. The number of nitrogens with zero attached hydrogens (tertiary/aromatic N) is 2. The zero-order valence-corrected chi connectivity index (χ0v) is 13.5. The summed E-state index contributed by atoms with van der Waals surface area (Å²) in [5.41, 5.74) is 6.81. The van der Waals surface area contributed by atoms with Crippen molar-refractivity contribution in [3.63, 3.8) is 0 Å². The van der Waals surface area contributed by atoms with Crippen molar-refractivity contribution in [2.75, 3.05) is 37.6 Å². The average Bonchev–Trinajstić information content (AvgIpc) is 2.47. The third kappa shape index (κ3) is 3.74. The minimum absolute atomic E-state index is 0.0511. The Balaban J connectivity index is 2.01. The average molecular weight is 293 g/mol. The molecule has 2 N–H and O–H groups in total. The highest BCUT2D eigenvalue weighted by molar-refractivity contribution is 5.48. The lowest BCUT2D eigenvalue weighted by molar-refractivity contribution is 0.0825. The Morgan fingerprint density at radius 1 is 1.19 bits per heavy atom. The molecule has 1 aromatic carbocycles. The summed E-state index contributed by atoms with van der Waals surface area (Å²) in [6, 6.07) is 7.03. The van der Waals surface area contributed by atoms with Crippen molar-refractivity contribution in [1.82, 2.24) is 4.90 Å². The van der Waals surface area contributed by atoms with E-state index in [-0.39, 0.29) is 11.4 Å². The van der Waals surface area contributed by atoms with Gasteiger partial charge in [-0.05, 0) is 31.4 Å². The van der Waals surface area contributed by atoms with Crippen LogP contribution < -0.4 is 10.6 Å². The number of nitrogens with two attached hydrogens (primary N) is 1. The second-order valence-corrected chi connectivity index (χ2v) is 6.72. The topological polar surface area (TPSA) is 32.5 Å². The van der Waals surface area contributed by atoms with Crippen molar-refractivity contribution in [3.8, 4) is 0 Å². The number of halogens is 1. The second-order valence-electron chi connectivity index (χ2n) is 6.72. The molecule has 0 amide bonds. The zero-order valence-electron chi connectivity index (χ0n) is 13.5. The Hall–Kier alpha value is -1.13. The first-order valence-electron chi connectivity index (χ1n) is 7.91. The van der Waals surface area contributed by atoms with Crippen molar-refractivity contribution in [2.24, 2.45) is 11.7 Å². The van der Waals surface area contributed by atoms with Crippen LogP contribution in [0.2, 0.25) is 0 Å². The smallest absolute Gasteiger partial charge is 0.146 e. The maximum atomic E-state index is 13.9. The molecule has 0 aromatic heterocycles. The Kier molecular flexibility index (Phi) is 5.22. The van der Waals surface area contributed by atoms with E-state index in [4.69, 9.17) is 5.73 Å². The molecule has 0 radical (unpaired) electrons. The van der Waals surface area contributed by atoms with Crippen molar-refractivity contribution in [2.45, 2.75) is 32.7 Å². The third-order valence-electron chi connectivity index (χ3n) is 4.52. The van der Waals surface area contributed by atoms with E-state index in [9.17, 15) is 4.39 Å². The summed E-state index contributed by atoms with van der Waals surface area (Å²) in [7, 11) is 0. The molecular weight excluding hydrogens is 265 g/mol. The summed E-state index contributed by atoms with van der Waals surface area (Å²) in [6.07, 6.45) is 1.10. The highest BCUT2D eigenvalue weighted by atomic mass is 19.1. The molecule has 1 fully saturated rings. The fourth-order valence-corrected chi connectivity index (χ4v) is 3.42. The van der Waals surface area contributed by atoms with Gasteiger partial charge in [0, 0.05) is 38.3 Å². The van der Waals surface area contributed by atoms with Gasteiger partial charge in [0.1, 0.15) is 5.82 Å². The summed E-state index contributed by atoms with van der Waals surface area (Å²) in [5.74, 6) is 0.498. The van der Waals surface area contributed by atoms with Crippen LogP contribution in [0.3, 0.4) is 0 Å². The van der Waals surface area contributed by atoms with E-state index >= 15 is 0 Å². The van der Waals surface area contributed by atoms with E-state index < -0.39 is 0 Å². The third-order valence-corrected chi connectivity index (χ3v) is 4.52. The van der Waals surface area contributed by atoms with Crippen LogP contribution in [0.25, 0.3) is 0 Å². The molecule has 4 heteroatoms. The quantitative estimate of drug-likeness (QED) is 0.906. The number of anilines is 1. The van der Waals surface area contributed by atoms with Crippen LogP contribution in [0.4, 0.5) is 10.1 Å². The van der Waals surface area contributed by atoms with Crippen LogP contribution in [0.1, 0.15) is 27.2 Å². The van der Waals surface area contributed by atoms with E-state index in [1.807, 2.05) is 12.1 Å². The van der Waals surface area contributed by atoms with Crippen LogP contribution in [0, 0.1) is 11.7 Å². The maximum absolute atomic E-state index is 13.9. The molecule has 1 atom stereocenters. The summed E-state index contributed by atoms with van der Waals surface area (Å²) in [4.78, 5) is 4.61. The van der Waals surface area contributed by atoms with Gasteiger partial charge in [0.25, 0.3) is 0 Å². The Bertz CT molecular complexity index is 455. The molecule has 3 nitrogen and oxygen atoms in total. The predicted octanol–water partition coefficient (Wildman–Crippen LogP) is 2.71. The molecule has 1 unspecified atom stereocenters. The number of benzene rings is 1. The van der Waals surface area contributed by atoms with Crippen LogP contribution >= 0.6 is 0 Å². The predicted molar refractivity (Wildman–Crippen MR) is 87.1 cm³/mol. The molecule has 0 bridgehead atoms. The van der Waals surface area contributed by atoms with Gasteiger partial charge in [-0.1, -0.05) is 26.0 Å². The van der Waals surface area contributed by atoms with Gasteiger partial charge in [0.15, 0.2) is 0 Å². The number of piperazine rings is 1. The Morgan fingerprint density at radius 3 is 2.33 bits per heavy atom. The van der Waals surface area contributed by atoms with Crippen molar-refractivity contribution >= 4 is 5.69 Å². The molecule has 21 heavy (non-hydrogen) atoms. The minimum Gasteiger partial charge on any atom is -0.367 e. The normalized spacial score (nSPS) is 19.8. The first-order chi connectivity index (χ1) is 9.96. The summed E-state index contributed by atoms with van der Waals surface area (Å²) >= 11 is 0. The monoisotopic (exact) mass is 293 g/mol. The molecule has 1 aliphatic rings. The highest BCUT2D eigenvalue weighted by Crippen LogP contribution is 2.26. The van der Waals surface area contributed by atoms with Crippen LogP contribution in [0.5, 0.6) is 0 Å². The van der Waals surface area contributed by atoms with Crippen molar-refractivity contribution in [1.29, 1.82) is 0 Å². The Labute approximate surface area is 127 Å². The maximum Gasteiger partial charge on any atom is 0.146 e. The second kappa shape index (κ2) is 6.75. The van der Waals surface area contributed by atoms with Gasteiger partial charge in [-0.3, -0.25) is 4.90 Å². The lowest BCUT2D eigenvalue weighted by Gasteiger charge is -2.47. The van der Waals surface area contributed by atoms with E-state index in [0.717, 1.165) is 38.3 Å². The van der Waals surface area contributed by atoms with E-state index in [1.54, 1.807) is 6.07 Å². The van der Waals surface area contributed by atoms with E-state index in [1.165, 1.54) is 6.07 Å². The lowest BCUT2D eigenvalue weighted by atomic mass is 9.88. The zero-order chi connectivity index (χ0) is 15.5. The lowest BCUT2D eigenvalue weighted by Crippen LogP contribution is -2.59. The van der Waals surface area contributed by atoms with Crippen LogP contribution in [-0.4, -0.2) is 43.2 Å². The number of hydrogen-bond acceptors (Lipinski definition) is 3. The standard InChI is InChI=1S/C17H28FN3/c1-14(2)12-17(3,13-19)21-10-8-20(9-11-21)16-7-5-4-6-15(16)18/h4-7,14H,8-13,19H2,1-3H3. The van der Waals surface area contributed by atoms with E-state index in [0.29, 0.717) is 12.5 Å². The number of para-hydroxylation sites is 1. The van der Waals surface area contributed by atoms with Gasteiger partial charge in [-0.2, -0.15) is 0 Å². The molecule has 1 heterocycles. The fourth-order valence-electron chi connectivity index (χ4n) is 3.42. The SMILES string of the molecule is CC(C)CC(C)(CN)N1CCN(c2ccccc2F)CC1. The van der Waals surface area contributed by atoms with Crippen LogP contribution in [-0.2, 0) is 0 Å².